The molecule has 2 aromatic heterocycles. The van der Waals surface area contributed by atoms with E-state index in [-0.39, 0.29) is 5.91 Å². The molecule has 1 fully saturated rings. The van der Waals surface area contributed by atoms with Gasteiger partial charge in [0.1, 0.15) is 5.75 Å². The van der Waals surface area contributed by atoms with E-state index in [1.807, 2.05) is 17.0 Å². The van der Waals surface area contributed by atoms with E-state index in [1.165, 1.54) is 28.3 Å². The molecule has 5 rings (SSSR count). The van der Waals surface area contributed by atoms with Crippen LogP contribution in [-0.4, -0.2) is 64.4 Å². The van der Waals surface area contributed by atoms with Crippen LogP contribution in [0.1, 0.15) is 16.7 Å². The highest BCUT2D eigenvalue weighted by molar-refractivity contribution is 7.99. The second kappa shape index (κ2) is 9.18. The van der Waals surface area contributed by atoms with E-state index in [2.05, 4.69) is 70.6 Å². The molecule has 34 heavy (non-hydrogen) atoms. The first-order chi connectivity index (χ1) is 16.4. The molecule has 1 amide bonds. The van der Waals surface area contributed by atoms with Crippen molar-refractivity contribution < 1.29 is 9.53 Å². The topological polar surface area (TPSA) is 63.0 Å². The van der Waals surface area contributed by atoms with E-state index < -0.39 is 0 Å². The Labute approximate surface area is 203 Å². The quantitative estimate of drug-likeness (QED) is 0.402. The van der Waals surface area contributed by atoms with Gasteiger partial charge in [0.25, 0.3) is 0 Å². The lowest BCUT2D eigenvalue weighted by Gasteiger charge is -2.36. The SMILES string of the molecule is COc1ccc(N2CCN(C(=O)CSc3nnc4c(C)cc5c(C)cc(C)cc5n34)CC2)cc1. The first-order valence-electron chi connectivity index (χ1n) is 11.5. The normalized spacial score (nSPS) is 14.2. The largest absolute Gasteiger partial charge is 0.497 e. The molecule has 0 saturated carbocycles. The standard InChI is InChI=1S/C26H29N5O2S/c1-17-13-18(2)22-15-19(3)25-27-28-26(31(25)23(22)14-17)34-16-24(32)30-11-9-29(10-12-30)20-5-7-21(33-4)8-6-20/h5-8,13-15H,9-12,16H2,1-4H3. The van der Waals surface area contributed by atoms with Crippen molar-refractivity contribution in [1.82, 2.24) is 19.5 Å². The summed E-state index contributed by atoms with van der Waals surface area (Å²) in [5, 5.41) is 10.8. The molecule has 0 atom stereocenters. The van der Waals surface area contributed by atoms with Crippen LogP contribution in [0.5, 0.6) is 5.75 Å². The lowest BCUT2D eigenvalue weighted by atomic mass is 10.0. The van der Waals surface area contributed by atoms with E-state index in [9.17, 15) is 4.79 Å². The number of methoxy groups -OCH3 is 1. The Kier molecular flexibility index (Phi) is 6.08. The number of ether oxygens (including phenoxy) is 1. The molecule has 2 aromatic carbocycles. The summed E-state index contributed by atoms with van der Waals surface area (Å²) >= 11 is 1.47. The van der Waals surface area contributed by atoms with Gasteiger partial charge in [0.15, 0.2) is 10.8 Å². The zero-order valence-electron chi connectivity index (χ0n) is 20.0. The number of amides is 1. The Morgan fingerprint density at radius 3 is 2.41 bits per heavy atom. The van der Waals surface area contributed by atoms with Crippen molar-refractivity contribution in [3.8, 4) is 5.75 Å². The molecule has 0 aliphatic carbocycles. The number of benzene rings is 2. The number of hydrogen-bond acceptors (Lipinski definition) is 6. The Bertz CT molecular complexity index is 1360. The maximum atomic E-state index is 13.0. The second-order valence-electron chi connectivity index (χ2n) is 8.84. The van der Waals surface area contributed by atoms with Gasteiger partial charge in [0, 0.05) is 37.3 Å². The number of aromatic nitrogens is 3. The molecule has 4 aromatic rings. The Morgan fingerprint density at radius 1 is 0.971 bits per heavy atom. The van der Waals surface area contributed by atoms with Gasteiger partial charge in [-0.2, -0.15) is 0 Å². The molecule has 0 radical (unpaired) electrons. The van der Waals surface area contributed by atoms with Crippen molar-refractivity contribution >= 4 is 39.9 Å². The van der Waals surface area contributed by atoms with E-state index in [1.54, 1.807) is 7.11 Å². The summed E-state index contributed by atoms with van der Waals surface area (Å²) < 4.78 is 7.35. The number of anilines is 1. The first-order valence-corrected chi connectivity index (χ1v) is 12.5. The Balaban J connectivity index is 1.28. The molecule has 1 saturated heterocycles. The number of hydrogen-bond donors (Lipinski definition) is 0. The number of thioether (sulfide) groups is 1. The lowest BCUT2D eigenvalue weighted by molar-refractivity contribution is -0.128. The molecule has 176 valence electrons. The van der Waals surface area contributed by atoms with Crippen LogP contribution >= 0.6 is 11.8 Å². The molecule has 8 heteroatoms. The molecule has 1 aliphatic heterocycles. The van der Waals surface area contributed by atoms with E-state index in [4.69, 9.17) is 4.74 Å². The predicted octanol–water partition coefficient (Wildman–Crippen LogP) is 4.26. The monoisotopic (exact) mass is 475 g/mol. The molecule has 0 N–H and O–H groups in total. The van der Waals surface area contributed by atoms with Crippen molar-refractivity contribution in [2.45, 2.75) is 25.9 Å². The number of carbonyl (C=O) groups excluding carboxylic acids is 1. The van der Waals surface area contributed by atoms with Crippen molar-refractivity contribution in [1.29, 1.82) is 0 Å². The molecule has 0 unspecified atom stereocenters. The van der Waals surface area contributed by atoms with Crippen LogP contribution in [0.15, 0.2) is 47.6 Å². The van der Waals surface area contributed by atoms with Gasteiger partial charge in [0.2, 0.25) is 5.91 Å². The fraction of sp³-hybridized carbons (Fsp3) is 0.346. The van der Waals surface area contributed by atoms with Gasteiger partial charge in [-0.3, -0.25) is 9.20 Å². The zero-order chi connectivity index (χ0) is 23.8. The van der Waals surface area contributed by atoms with Crippen LogP contribution < -0.4 is 9.64 Å². The third kappa shape index (κ3) is 4.18. The van der Waals surface area contributed by atoms with Crippen LogP contribution in [-0.2, 0) is 4.79 Å². The number of aryl methyl sites for hydroxylation is 3. The number of fused-ring (bicyclic) bond motifs is 3. The van der Waals surface area contributed by atoms with Crippen molar-refractivity contribution in [2.24, 2.45) is 0 Å². The number of piperazine rings is 1. The summed E-state index contributed by atoms with van der Waals surface area (Å²) in [4.78, 5) is 17.3. The highest BCUT2D eigenvalue weighted by Crippen LogP contribution is 2.29. The average Bonchev–Trinajstić information content (AvgIpc) is 3.29. The average molecular weight is 476 g/mol. The van der Waals surface area contributed by atoms with E-state index >= 15 is 0 Å². The summed E-state index contributed by atoms with van der Waals surface area (Å²) in [7, 11) is 1.67. The summed E-state index contributed by atoms with van der Waals surface area (Å²) in [6, 6.07) is 14.6. The molecule has 0 spiro atoms. The van der Waals surface area contributed by atoms with Crippen molar-refractivity contribution in [2.75, 3.05) is 43.9 Å². The summed E-state index contributed by atoms with van der Waals surface area (Å²) in [6.07, 6.45) is 0. The van der Waals surface area contributed by atoms with Gasteiger partial charge >= 0.3 is 0 Å². The van der Waals surface area contributed by atoms with E-state index in [0.29, 0.717) is 18.8 Å². The third-order valence-corrected chi connectivity index (χ3v) is 7.41. The number of pyridine rings is 1. The highest BCUT2D eigenvalue weighted by Gasteiger charge is 2.22. The van der Waals surface area contributed by atoms with Crippen LogP contribution in [0.3, 0.4) is 0 Å². The van der Waals surface area contributed by atoms with Crippen molar-refractivity contribution in [3.05, 3.63) is 59.2 Å². The molecular formula is C26H29N5O2S. The summed E-state index contributed by atoms with van der Waals surface area (Å²) in [5.74, 6) is 1.34. The lowest BCUT2D eigenvalue weighted by Crippen LogP contribution is -2.49. The Hall–Kier alpha value is -3.26. The van der Waals surface area contributed by atoms with Gasteiger partial charge in [-0.25, -0.2) is 0 Å². The van der Waals surface area contributed by atoms with Crippen LogP contribution in [0, 0.1) is 20.8 Å². The van der Waals surface area contributed by atoms with Crippen LogP contribution in [0.25, 0.3) is 16.6 Å². The summed E-state index contributed by atoms with van der Waals surface area (Å²) in [6.45, 7) is 9.36. The molecule has 7 nitrogen and oxygen atoms in total. The second-order valence-corrected chi connectivity index (χ2v) is 9.78. The van der Waals surface area contributed by atoms with Gasteiger partial charge < -0.3 is 14.5 Å². The van der Waals surface area contributed by atoms with Gasteiger partial charge in [-0.1, -0.05) is 17.8 Å². The smallest absolute Gasteiger partial charge is 0.233 e. The molecule has 1 aliphatic rings. The molecular weight excluding hydrogens is 446 g/mol. The third-order valence-electron chi connectivity index (χ3n) is 6.49. The fourth-order valence-electron chi connectivity index (χ4n) is 4.67. The fourth-order valence-corrected chi connectivity index (χ4v) is 5.52. The highest BCUT2D eigenvalue weighted by atomic mass is 32.2. The maximum absolute atomic E-state index is 13.0. The number of carbonyl (C=O) groups is 1. The Morgan fingerprint density at radius 2 is 1.71 bits per heavy atom. The molecule has 3 heterocycles. The van der Waals surface area contributed by atoms with Crippen LogP contribution in [0.4, 0.5) is 5.69 Å². The summed E-state index contributed by atoms with van der Waals surface area (Å²) in [5.41, 5.74) is 6.61. The van der Waals surface area contributed by atoms with Gasteiger partial charge in [-0.15, -0.1) is 10.2 Å². The van der Waals surface area contributed by atoms with Crippen molar-refractivity contribution in [3.63, 3.8) is 0 Å². The van der Waals surface area contributed by atoms with Gasteiger partial charge in [-0.05, 0) is 73.9 Å². The van der Waals surface area contributed by atoms with E-state index in [0.717, 1.165) is 46.4 Å². The maximum Gasteiger partial charge on any atom is 0.233 e. The minimum Gasteiger partial charge on any atom is -0.497 e. The number of rotatable bonds is 5. The van der Waals surface area contributed by atoms with Crippen LogP contribution in [0.2, 0.25) is 0 Å². The zero-order valence-corrected chi connectivity index (χ0v) is 20.9. The minimum atomic E-state index is 0.139. The minimum absolute atomic E-state index is 0.139. The molecule has 0 bridgehead atoms. The number of nitrogens with zero attached hydrogens (tertiary/aromatic N) is 5. The van der Waals surface area contributed by atoms with Gasteiger partial charge in [0.05, 0.1) is 18.4 Å². The first kappa shape index (κ1) is 22.5. The predicted molar refractivity (Wildman–Crippen MR) is 137 cm³/mol.